The fraction of sp³-hybridized carbons (Fsp3) is 0.278. The summed E-state index contributed by atoms with van der Waals surface area (Å²) in [6, 6.07) is 10.5. The number of nitrogens with zero attached hydrogens (tertiary/aromatic N) is 3. The Balaban J connectivity index is 1.55. The van der Waals surface area contributed by atoms with Crippen LogP contribution in [-0.4, -0.2) is 31.1 Å². The number of benzene rings is 2. The minimum atomic E-state index is -3.75. The minimum Gasteiger partial charge on any atom is -0.299 e. The Morgan fingerprint density at radius 3 is 2.74 bits per heavy atom. The van der Waals surface area contributed by atoms with E-state index in [0.29, 0.717) is 16.2 Å². The van der Waals surface area contributed by atoms with Gasteiger partial charge in [-0.15, -0.1) is 10.2 Å². The Morgan fingerprint density at radius 1 is 1.19 bits per heavy atom. The molecule has 3 aromatic rings. The maximum Gasteiger partial charge on any atom is 0.265 e. The average Bonchev–Trinajstić information content (AvgIpc) is 3.18. The van der Waals surface area contributed by atoms with Crippen molar-refractivity contribution >= 4 is 48.9 Å². The van der Waals surface area contributed by atoms with Crippen LogP contribution >= 0.6 is 11.3 Å². The van der Waals surface area contributed by atoms with E-state index in [9.17, 15) is 13.2 Å². The molecule has 0 radical (unpaired) electrons. The van der Waals surface area contributed by atoms with Crippen LogP contribution in [0.4, 0.5) is 10.8 Å². The van der Waals surface area contributed by atoms with Gasteiger partial charge in [0.15, 0.2) is 0 Å². The molecule has 0 saturated heterocycles. The zero-order valence-electron chi connectivity index (χ0n) is 14.7. The van der Waals surface area contributed by atoms with Gasteiger partial charge in [-0.1, -0.05) is 48.9 Å². The number of anilines is 2. The van der Waals surface area contributed by atoms with Crippen LogP contribution in [-0.2, 0) is 21.2 Å². The highest BCUT2D eigenvalue weighted by atomic mass is 32.2. The van der Waals surface area contributed by atoms with E-state index in [1.165, 1.54) is 11.3 Å². The third-order valence-electron chi connectivity index (χ3n) is 4.43. The van der Waals surface area contributed by atoms with E-state index >= 15 is 0 Å². The van der Waals surface area contributed by atoms with Gasteiger partial charge in [-0.25, -0.2) is 8.42 Å². The molecule has 0 aliphatic carbocycles. The van der Waals surface area contributed by atoms with Gasteiger partial charge in [-0.05, 0) is 23.9 Å². The van der Waals surface area contributed by atoms with E-state index in [2.05, 4.69) is 22.4 Å². The lowest BCUT2D eigenvalue weighted by atomic mass is 10.1. The molecule has 2 aromatic carbocycles. The summed E-state index contributed by atoms with van der Waals surface area (Å²) in [6.07, 6.45) is 2.89. The van der Waals surface area contributed by atoms with Crippen molar-refractivity contribution in [1.29, 1.82) is 0 Å². The number of hydrogen-bond acceptors (Lipinski definition) is 6. The summed E-state index contributed by atoms with van der Waals surface area (Å²) in [5.41, 5.74) is 0.527. The number of carbonyl (C=O) groups is 1. The van der Waals surface area contributed by atoms with Gasteiger partial charge in [0.2, 0.25) is 11.0 Å². The summed E-state index contributed by atoms with van der Waals surface area (Å²) in [6.45, 7) is 1.79. The van der Waals surface area contributed by atoms with Gasteiger partial charge >= 0.3 is 0 Å². The van der Waals surface area contributed by atoms with Crippen molar-refractivity contribution in [2.75, 3.05) is 16.2 Å². The van der Waals surface area contributed by atoms with Crippen molar-refractivity contribution in [3.8, 4) is 0 Å². The van der Waals surface area contributed by atoms with Crippen LogP contribution in [0.25, 0.3) is 10.8 Å². The van der Waals surface area contributed by atoms with E-state index < -0.39 is 15.9 Å². The molecule has 140 valence electrons. The highest BCUT2D eigenvalue weighted by Gasteiger charge is 2.36. The predicted octanol–water partition coefficient (Wildman–Crippen LogP) is 3.18. The molecule has 4 rings (SSSR count). The molecule has 1 amide bonds. The first-order chi connectivity index (χ1) is 13.0. The van der Waals surface area contributed by atoms with Crippen LogP contribution < -0.4 is 9.62 Å². The molecule has 2 heterocycles. The molecule has 0 unspecified atom stereocenters. The molecule has 1 aliphatic heterocycles. The third kappa shape index (κ3) is 3.17. The molecule has 0 atom stereocenters. The summed E-state index contributed by atoms with van der Waals surface area (Å²) in [5, 5.41) is 13.4. The predicted molar refractivity (Wildman–Crippen MR) is 106 cm³/mol. The zero-order valence-corrected chi connectivity index (χ0v) is 16.3. The van der Waals surface area contributed by atoms with Crippen molar-refractivity contribution in [2.24, 2.45) is 0 Å². The second-order valence-electron chi connectivity index (χ2n) is 6.30. The fourth-order valence-corrected chi connectivity index (χ4v) is 5.62. The highest BCUT2D eigenvalue weighted by molar-refractivity contribution is 7.93. The number of unbranched alkanes of at least 4 members (excludes halogenated alkanes) is 1. The van der Waals surface area contributed by atoms with Gasteiger partial charge in [0.05, 0.1) is 10.6 Å². The lowest BCUT2D eigenvalue weighted by Crippen LogP contribution is -2.35. The average molecular weight is 403 g/mol. The molecule has 1 aliphatic rings. The van der Waals surface area contributed by atoms with E-state index in [0.717, 1.165) is 34.0 Å². The van der Waals surface area contributed by atoms with Gasteiger partial charge in [0, 0.05) is 11.8 Å². The third-order valence-corrected chi connectivity index (χ3v) is 7.13. The van der Waals surface area contributed by atoms with Gasteiger partial charge in [-0.2, -0.15) is 0 Å². The summed E-state index contributed by atoms with van der Waals surface area (Å²) in [4.78, 5) is 12.7. The summed E-state index contributed by atoms with van der Waals surface area (Å²) >= 11 is 1.32. The lowest BCUT2D eigenvalue weighted by molar-refractivity contribution is -0.114. The van der Waals surface area contributed by atoms with Crippen molar-refractivity contribution in [3.63, 3.8) is 0 Å². The molecule has 7 nitrogen and oxygen atoms in total. The summed E-state index contributed by atoms with van der Waals surface area (Å²) in [5.74, 6) is -0.443. The maximum atomic E-state index is 12.9. The first-order valence-corrected chi connectivity index (χ1v) is 10.9. The number of amides is 1. The number of carbonyl (C=O) groups excluding carboxylic acids is 1. The van der Waals surface area contributed by atoms with E-state index in [4.69, 9.17) is 0 Å². The number of aryl methyl sites for hydroxylation is 1. The van der Waals surface area contributed by atoms with Crippen LogP contribution in [0.3, 0.4) is 0 Å². The van der Waals surface area contributed by atoms with Crippen molar-refractivity contribution < 1.29 is 13.2 Å². The standard InChI is InChI=1S/C18H18N4O3S2/c1-2-3-10-16-20-21-18(26-16)19-15(23)11-22-13-8-4-6-12-7-5-9-14(17(12)13)27(22,24)25/h4-9H,2-3,10-11H2,1H3,(H,19,21,23). The largest absolute Gasteiger partial charge is 0.299 e. The van der Waals surface area contributed by atoms with Crippen molar-refractivity contribution in [3.05, 3.63) is 41.4 Å². The van der Waals surface area contributed by atoms with Gasteiger partial charge in [0.25, 0.3) is 10.0 Å². The number of hydrogen-bond donors (Lipinski definition) is 1. The number of sulfonamides is 1. The van der Waals surface area contributed by atoms with Gasteiger partial charge < -0.3 is 0 Å². The maximum absolute atomic E-state index is 12.9. The molecule has 0 fully saturated rings. The number of rotatable bonds is 6. The molecular formula is C18H18N4O3S2. The Kier molecular flexibility index (Phi) is 4.56. The first kappa shape index (κ1) is 17.9. The molecule has 9 heteroatoms. The molecule has 27 heavy (non-hydrogen) atoms. The van der Waals surface area contributed by atoms with Crippen LogP contribution in [0.2, 0.25) is 0 Å². The Hall–Kier alpha value is -2.52. The monoisotopic (exact) mass is 402 g/mol. The topological polar surface area (TPSA) is 92.3 Å². The van der Waals surface area contributed by atoms with Gasteiger partial charge in [0.1, 0.15) is 11.6 Å². The summed E-state index contributed by atoms with van der Waals surface area (Å²) < 4.78 is 26.9. The molecule has 0 spiro atoms. The summed E-state index contributed by atoms with van der Waals surface area (Å²) in [7, 11) is -3.75. The molecule has 0 bridgehead atoms. The van der Waals surface area contributed by atoms with E-state index in [1.54, 1.807) is 24.3 Å². The van der Waals surface area contributed by atoms with Gasteiger partial charge in [-0.3, -0.25) is 14.4 Å². The Bertz CT molecular complexity index is 1120. The first-order valence-electron chi connectivity index (χ1n) is 8.67. The van der Waals surface area contributed by atoms with Crippen LogP contribution in [0.5, 0.6) is 0 Å². The Labute approximate surface area is 161 Å². The molecular weight excluding hydrogens is 384 g/mol. The second-order valence-corrected chi connectivity index (χ2v) is 9.19. The van der Waals surface area contributed by atoms with Crippen LogP contribution in [0.1, 0.15) is 24.8 Å². The molecule has 0 saturated carbocycles. The smallest absolute Gasteiger partial charge is 0.265 e. The second kappa shape index (κ2) is 6.90. The molecule has 1 N–H and O–H groups in total. The normalized spacial score (nSPS) is 14.6. The van der Waals surface area contributed by atoms with E-state index in [1.807, 2.05) is 12.1 Å². The van der Waals surface area contributed by atoms with E-state index in [-0.39, 0.29) is 11.4 Å². The zero-order chi connectivity index (χ0) is 19.0. The quantitative estimate of drug-likeness (QED) is 0.684. The highest BCUT2D eigenvalue weighted by Crippen LogP contribution is 2.41. The molecule has 1 aromatic heterocycles. The number of aromatic nitrogens is 2. The Morgan fingerprint density at radius 2 is 1.96 bits per heavy atom. The number of nitrogens with one attached hydrogen (secondary N) is 1. The minimum absolute atomic E-state index is 0.237. The van der Waals surface area contributed by atoms with Crippen LogP contribution in [0.15, 0.2) is 41.3 Å². The lowest BCUT2D eigenvalue weighted by Gasteiger charge is -2.17. The van der Waals surface area contributed by atoms with Crippen molar-refractivity contribution in [1.82, 2.24) is 10.2 Å². The fourth-order valence-electron chi connectivity index (χ4n) is 3.15. The SMILES string of the molecule is CCCCc1nnc(NC(=O)CN2c3cccc4cccc(c34)S2(=O)=O)s1. The van der Waals surface area contributed by atoms with Crippen LogP contribution in [0, 0.1) is 0 Å². The van der Waals surface area contributed by atoms with Crippen molar-refractivity contribution in [2.45, 2.75) is 31.1 Å².